The van der Waals surface area contributed by atoms with Crippen molar-refractivity contribution in [2.45, 2.75) is 24.2 Å². The first-order valence-corrected chi connectivity index (χ1v) is 10.5. The van der Waals surface area contributed by atoms with Crippen LogP contribution in [0.15, 0.2) is 52.7 Å². The van der Waals surface area contributed by atoms with Gasteiger partial charge in [-0.05, 0) is 54.6 Å². The van der Waals surface area contributed by atoms with E-state index in [4.69, 9.17) is 0 Å². The molecule has 3 rings (SSSR count). The molecule has 5 nitrogen and oxygen atoms in total. The fourth-order valence-electron chi connectivity index (χ4n) is 2.69. The van der Waals surface area contributed by atoms with Crippen molar-refractivity contribution < 1.29 is 13.2 Å². The van der Waals surface area contributed by atoms with Crippen LogP contribution in [0.2, 0.25) is 0 Å². The predicted octanol–water partition coefficient (Wildman–Crippen LogP) is 3.57. The highest BCUT2D eigenvalue weighted by Gasteiger charge is 2.25. The summed E-state index contributed by atoms with van der Waals surface area (Å²) in [6, 6.07) is 10.2. The Morgan fingerprint density at radius 1 is 1.08 bits per heavy atom. The van der Waals surface area contributed by atoms with Gasteiger partial charge in [0.1, 0.15) is 0 Å². The number of amides is 1. The van der Waals surface area contributed by atoms with Crippen molar-refractivity contribution in [3.63, 3.8) is 0 Å². The van der Waals surface area contributed by atoms with Crippen LogP contribution in [0, 0.1) is 0 Å². The van der Waals surface area contributed by atoms with E-state index in [0.29, 0.717) is 18.8 Å². The molecule has 1 amide bonds. The Balaban J connectivity index is 1.64. The third-order valence-corrected chi connectivity index (χ3v) is 6.77. The maximum Gasteiger partial charge on any atom is 0.248 e. The lowest BCUT2D eigenvalue weighted by Crippen LogP contribution is -2.35. The maximum absolute atomic E-state index is 12.6. The summed E-state index contributed by atoms with van der Waals surface area (Å²) in [5.74, 6) is -0.250. The van der Waals surface area contributed by atoms with Crippen LogP contribution < -0.4 is 5.32 Å². The van der Waals surface area contributed by atoms with E-state index < -0.39 is 10.0 Å². The highest BCUT2D eigenvalue weighted by molar-refractivity contribution is 7.89. The number of nitrogens with one attached hydrogen (secondary N) is 1. The molecular formula is C18H20N2O3S2. The molecule has 0 atom stereocenters. The van der Waals surface area contributed by atoms with Crippen LogP contribution >= 0.6 is 11.3 Å². The summed E-state index contributed by atoms with van der Waals surface area (Å²) < 4.78 is 26.7. The third-order valence-electron chi connectivity index (χ3n) is 4.02. The van der Waals surface area contributed by atoms with Gasteiger partial charge in [0.05, 0.1) is 4.90 Å². The molecule has 132 valence electrons. The minimum absolute atomic E-state index is 0.250. The van der Waals surface area contributed by atoms with Crippen molar-refractivity contribution in [2.75, 3.05) is 18.4 Å². The quantitative estimate of drug-likeness (QED) is 0.811. The first-order valence-electron chi connectivity index (χ1n) is 8.18. The predicted molar refractivity (Wildman–Crippen MR) is 101 cm³/mol. The average Bonchev–Trinajstić information content (AvgIpc) is 3.15. The van der Waals surface area contributed by atoms with Gasteiger partial charge in [0.2, 0.25) is 15.9 Å². The van der Waals surface area contributed by atoms with E-state index in [1.165, 1.54) is 10.4 Å². The number of thiophene rings is 1. The Labute approximate surface area is 152 Å². The van der Waals surface area contributed by atoms with Crippen molar-refractivity contribution in [2.24, 2.45) is 0 Å². The van der Waals surface area contributed by atoms with Gasteiger partial charge < -0.3 is 5.32 Å². The monoisotopic (exact) mass is 376 g/mol. The smallest absolute Gasteiger partial charge is 0.248 e. The molecule has 1 aromatic carbocycles. The van der Waals surface area contributed by atoms with Gasteiger partial charge in [-0.25, -0.2) is 8.42 Å². The summed E-state index contributed by atoms with van der Waals surface area (Å²) in [5.41, 5.74) is 0.568. The topological polar surface area (TPSA) is 66.5 Å². The molecule has 1 aromatic heterocycles. The zero-order valence-corrected chi connectivity index (χ0v) is 15.4. The maximum atomic E-state index is 12.6. The molecule has 1 aliphatic heterocycles. The molecule has 0 bridgehead atoms. The van der Waals surface area contributed by atoms with Crippen molar-refractivity contribution in [1.29, 1.82) is 0 Å². The van der Waals surface area contributed by atoms with Gasteiger partial charge in [-0.1, -0.05) is 12.5 Å². The molecule has 25 heavy (non-hydrogen) atoms. The molecule has 7 heteroatoms. The zero-order chi connectivity index (χ0) is 17.7. The van der Waals surface area contributed by atoms with Crippen molar-refractivity contribution >= 4 is 39.0 Å². The lowest BCUT2D eigenvalue weighted by Gasteiger charge is -2.25. The standard InChI is InChI=1S/C18H20N2O3S2/c21-18(11-8-16-5-4-14-24-16)19-15-6-9-17(10-7-15)25(22,23)20-12-2-1-3-13-20/h4-11,14H,1-3,12-13H2,(H,19,21)/b11-8+. The number of nitrogens with zero attached hydrogens (tertiary/aromatic N) is 1. The van der Waals surface area contributed by atoms with Crippen LogP contribution in [0.4, 0.5) is 5.69 Å². The fraction of sp³-hybridized carbons (Fsp3) is 0.278. The number of piperidine rings is 1. The van der Waals surface area contributed by atoms with Crippen LogP contribution in [0.25, 0.3) is 6.08 Å². The Hall–Kier alpha value is -1.96. The Bertz CT molecular complexity index is 835. The first-order chi connectivity index (χ1) is 12.1. The molecule has 1 N–H and O–H groups in total. The SMILES string of the molecule is O=C(/C=C/c1cccs1)Nc1ccc(S(=O)(=O)N2CCCCC2)cc1. The highest BCUT2D eigenvalue weighted by Crippen LogP contribution is 2.22. The van der Waals surface area contributed by atoms with Crippen LogP contribution in [0.3, 0.4) is 0 Å². The number of carbonyl (C=O) groups is 1. The van der Waals surface area contributed by atoms with Crippen molar-refractivity contribution in [3.05, 3.63) is 52.7 Å². The molecular weight excluding hydrogens is 356 g/mol. The van der Waals surface area contributed by atoms with Gasteiger partial charge in [-0.2, -0.15) is 4.31 Å². The molecule has 1 aliphatic rings. The van der Waals surface area contributed by atoms with E-state index in [1.807, 2.05) is 17.5 Å². The number of benzene rings is 1. The fourth-order valence-corrected chi connectivity index (χ4v) is 4.83. The number of carbonyl (C=O) groups excluding carboxylic acids is 1. The lowest BCUT2D eigenvalue weighted by atomic mass is 10.2. The molecule has 0 radical (unpaired) electrons. The van der Waals surface area contributed by atoms with E-state index in [1.54, 1.807) is 41.7 Å². The summed E-state index contributed by atoms with van der Waals surface area (Å²) >= 11 is 1.55. The van der Waals surface area contributed by atoms with Crippen LogP contribution in [-0.4, -0.2) is 31.7 Å². The Morgan fingerprint density at radius 2 is 1.80 bits per heavy atom. The number of rotatable bonds is 5. The molecule has 2 heterocycles. The van der Waals surface area contributed by atoms with Crippen LogP contribution in [0.5, 0.6) is 0 Å². The van der Waals surface area contributed by atoms with E-state index in [0.717, 1.165) is 24.1 Å². The minimum Gasteiger partial charge on any atom is -0.323 e. The van der Waals surface area contributed by atoms with Crippen molar-refractivity contribution in [3.8, 4) is 0 Å². The zero-order valence-electron chi connectivity index (χ0n) is 13.7. The molecule has 0 saturated carbocycles. The minimum atomic E-state index is -3.44. The van der Waals surface area contributed by atoms with Crippen molar-refractivity contribution in [1.82, 2.24) is 4.31 Å². The summed E-state index contributed by atoms with van der Waals surface area (Å²) in [6.45, 7) is 1.16. The average molecular weight is 377 g/mol. The number of hydrogen-bond acceptors (Lipinski definition) is 4. The number of anilines is 1. The molecule has 0 spiro atoms. The van der Waals surface area contributed by atoms with Gasteiger partial charge in [-0.15, -0.1) is 11.3 Å². The molecule has 0 aliphatic carbocycles. The molecule has 2 aromatic rings. The number of hydrogen-bond donors (Lipinski definition) is 1. The highest BCUT2D eigenvalue weighted by atomic mass is 32.2. The first kappa shape index (κ1) is 17.8. The van der Waals surface area contributed by atoms with E-state index in [2.05, 4.69) is 5.32 Å². The van der Waals surface area contributed by atoms with Gasteiger partial charge in [-0.3, -0.25) is 4.79 Å². The van der Waals surface area contributed by atoms with Gasteiger partial charge in [0.15, 0.2) is 0 Å². The van der Waals surface area contributed by atoms with Gasteiger partial charge in [0.25, 0.3) is 0 Å². The summed E-state index contributed by atoms with van der Waals surface area (Å²) in [6.07, 6.45) is 6.10. The Kier molecular flexibility index (Phi) is 5.67. The normalized spacial score (nSPS) is 16.2. The van der Waals surface area contributed by atoms with E-state index in [-0.39, 0.29) is 10.8 Å². The van der Waals surface area contributed by atoms with E-state index in [9.17, 15) is 13.2 Å². The van der Waals surface area contributed by atoms with Crippen LogP contribution in [-0.2, 0) is 14.8 Å². The molecule has 1 saturated heterocycles. The number of sulfonamides is 1. The lowest BCUT2D eigenvalue weighted by molar-refractivity contribution is -0.111. The third kappa shape index (κ3) is 4.56. The van der Waals surface area contributed by atoms with E-state index >= 15 is 0 Å². The second-order valence-electron chi connectivity index (χ2n) is 5.83. The molecule has 1 fully saturated rings. The largest absolute Gasteiger partial charge is 0.323 e. The molecule has 0 unspecified atom stereocenters. The van der Waals surface area contributed by atoms with Crippen LogP contribution in [0.1, 0.15) is 24.1 Å². The summed E-state index contributed by atoms with van der Waals surface area (Å²) in [5, 5.41) is 4.68. The van der Waals surface area contributed by atoms with Gasteiger partial charge >= 0.3 is 0 Å². The second kappa shape index (κ2) is 7.95. The summed E-state index contributed by atoms with van der Waals surface area (Å²) in [7, 11) is -3.44. The summed E-state index contributed by atoms with van der Waals surface area (Å²) in [4.78, 5) is 13.2. The Morgan fingerprint density at radius 3 is 2.44 bits per heavy atom. The second-order valence-corrected chi connectivity index (χ2v) is 8.74. The van der Waals surface area contributed by atoms with Gasteiger partial charge in [0, 0.05) is 29.7 Å².